The molecule has 14 heteroatoms. The van der Waals surface area contributed by atoms with E-state index in [-0.39, 0.29) is 70.7 Å². The molecule has 3 atom stereocenters. The lowest BCUT2D eigenvalue weighted by Crippen LogP contribution is -2.57. The highest BCUT2D eigenvalue weighted by molar-refractivity contribution is 7.13. The Hall–Kier alpha value is -3.43. The number of carboxylic acids is 1. The lowest BCUT2D eigenvalue weighted by Gasteiger charge is -2.35. The second-order valence-electron chi connectivity index (χ2n) is 12.5. The van der Waals surface area contributed by atoms with Crippen LogP contribution in [0.25, 0.3) is 10.4 Å². The van der Waals surface area contributed by atoms with Crippen LogP contribution in [0.4, 0.5) is 0 Å². The van der Waals surface area contributed by atoms with Crippen molar-refractivity contribution in [3.05, 3.63) is 41.0 Å². The fourth-order valence-electron chi connectivity index (χ4n) is 5.07. The number of thiazole rings is 1. The molecule has 1 aliphatic rings. The smallest absolute Gasteiger partial charge is 0.305 e. The van der Waals surface area contributed by atoms with Gasteiger partial charge in [0.1, 0.15) is 12.1 Å². The van der Waals surface area contributed by atoms with E-state index in [0.29, 0.717) is 19.6 Å². The van der Waals surface area contributed by atoms with Crippen molar-refractivity contribution >= 4 is 35.0 Å². The monoisotopic (exact) mass is 676 g/mol. The van der Waals surface area contributed by atoms with Crippen LogP contribution in [0.1, 0.15) is 51.3 Å². The summed E-state index contributed by atoms with van der Waals surface area (Å²) in [4.78, 5) is 57.0. The lowest BCUT2D eigenvalue weighted by atomic mass is 9.85. The van der Waals surface area contributed by atoms with Crippen LogP contribution in [-0.2, 0) is 39.8 Å². The van der Waals surface area contributed by atoms with Crippen molar-refractivity contribution < 1.29 is 43.6 Å². The summed E-state index contributed by atoms with van der Waals surface area (Å²) >= 11 is 1.59. The van der Waals surface area contributed by atoms with Crippen molar-refractivity contribution in [2.45, 2.75) is 71.6 Å². The maximum atomic E-state index is 13.7. The molecule has 4 N–H and O–H groups in total. The molecule has 0 bridgehead atoms. The molecular weight excluding hydrogens is 628 g/mol. The molecule has 2 aromatic rings. The summed E-state index contributed by atoms with van der Waals surface area (Å²) in [6.45, 7) is 9.21. The number of aryl methyl sites for hydroxylation is 1. The number of aliphatic carboxylic acids is 1. The van der Waals surface area contributed by atoms with Gasteiger partial charge in [-0.25, -0.2) is 4.98 Å². The Labute approximate surface area is 280 Å². The molecule has 3 rings (SSSR count). The number of aliphatic hydroxyl groups is 1. The third-order valence-electron chi connectivity index (χ3n) is 7.64. The van der Waals surface area contributed by atoms with Crippen LogP contribution >= 0.6 is 11.3 Å². The van der Waals surface area contributed by atoms with E-state index in [2.05, 4.69) is 15.6 Å². The van der Waals surface area contributed by atoms with Gasteiger partial charge in [-0.15, -0.1) is 11.3 Å². The van der Waals surface area contributed by atoms with Gasteiger partial charge in [-0.3, -0.25) is 19.2 Å². The van der Waals surface area contributed by atoms with Crippen LogP contribution in [0.15, 0.2) is 29.8 Å². The molecule has 1 saturated heterocycles. The van der Waals surface area contributed by atoms with E-state index in [9.17, 15) is 24.3 Å². The van der Waals surface area contributed by atoms with E-state index in [0.717, 1.165) is 21.7 Å². The van der Waals surface area contributed by atoms with E-state index in [1.165, 1.54) is 4.90 Å². The minimum atomic E-state index is -0.920. The van der Waals surface area contributed by atoms with Crippen LogP contribution in [0.5, 0.6) is 0 Å². The van der Waals surface area contributed by atoms with Gasteiger partial charge in [0.05, 0.1) is 68.2 Å². The molecule has 1 aromatic carbocycles. The Kier molecular flexibility index (Phi) is 15.2. The Morgan fingerprint density at radius 2 is 1.62 bits per heavy atom. The summed E-state index contributed by atoms with van der Waals surface area (Å²) in [6.07, 6.45) is -0.158. The topological polar surface area (TPSA) is 177 Å². The van der Waals surface area contributed by atoms with Gasteiger partial charge in [0.2, 0.25) is 17.7 Å². The van der Waals surface area contributed by atoms with Gasteiger partial charge in [0.15, 0.2) is 0 Å². The zero-order valence-corrected chi connectivity index (χ0v) is 28.5. The number of hydrogen-bond donors (Lipinski definition) is 4. The second kappa shape index (κ2) is 18.8. The van der Waals surface area contributed by atoms with Gasteiger partial charge in [-0.1, -0.05) is 45.0 Å². The Morgan fingerprint density at radius 3 is 2.19 bits per heavy atom. The maximum absolute atomic E-state index is 13.7. The highest BCUT2D eigenvalue weighted by Gasteiger charge is 2.44. The molecule has 0 spiro atoms. The molecular formula is C33H48N4O9S. The summed E-state index contributed by atoms with van der Waals surface area (Å²) in [6, 6.07) is 6.37. The largest absolute Gasteiger partial charge is 0.481 e. The summed E-state index contributed by atoms with van der Waals surface area (Å²) in [5, 5.41) is 24.7. The average molecular weight is 677 g/mol. The predicted octanol–water partition coefficient (Wildman–Crippen LogP) is 2.18. The third-order valence-corrected chi connectivity index (χ3v) is 8.61. The number of benzene rings is 1. The zero-order chi connectivity index (χ0) is 34.4. The first-order valence-corrected chi connectivity index (χ1v) is 16.7. The number of carboxylic acid groups (broad SMARTS) is 1. The Morgan fingerprint density at radius 1 is 1.00 bits per heavy atom. The standard InChI is InChI=1S/C33H48N4O9S/c1-22-29(47-21-35-22)24-7-5-23(6-8-24)9-12-34-31(42)26-19-25(38)20-37(26)32(43)30(33(2,3)4)36-27(39)10-13-44-15-17-46-18-16-45-14-11-28(40)41/h5-8,21,25-26,30,38H,9-20H2,1-4H3,(H,34,42)(H,36,39)(H,40,41)/t25-,26+,30-/m1/s1. The fraction of sp³-hybridized carbons (Fsp3) is 0.606. The van der Waals surface area contributed by atoms with Crippen molar-refractivity contribution in [3.63, 3.8) is 0 Å². The quantitative estimate of drug-likeness (QED) is 0.161. The van der Waals surface area contributed by atoms with E-state index >= 15 is 0 Å². The van der Waals surface area contributed by atoms with Gasteiger partial charge in [-0.2, -0.15) is 0 Å². The molecule has 0 saturated carbocycles. The molecule has 1 aliphatic heterocycles. The summed E-state index contributed by atoms with van der Waals surface area (Å²) in [5.41, 5.74) is 4.31. The molecule has 3 amide bonds. The van der Waals surface area contributed by atoms with E-state index in [1.807, 2.05) is 57.5 Å². The summed E-state index contributed by atoms with van der Waals surface area (Å²) in [5.74, 6) is -2.05. The zero-order valence-electron chi connectivity index (χ0n) is 27.7. The summed E-state index contributed by atoms with van der Waals surface area (Å²) < 4.78 is 15.9. The Bertz CT molecular complexity index is 1310. The van der Waals surface area contributed by atoms with Crippen LogP contribution in [0, 0.1) is 12.3 Å². The molecule has 13 nitrogen and oxygen atoms in total. The van der Waals surface area contributed by atoms with E-state index in [1.54, 1.807) is 11.3 Å². The SMILES string of the molecule is Cc1ncsc1-c1ccc(CCNC(=O)[C@@H]2C[C@@H](O)CN2C(=O)[C@@H](NC(=O)CCOCCOCCOCCC(=O)O)C(C)(C)C)cc1. The number of aliphatic hydroxyl groups excluding tert-OH is 1. The van der Waals surface area contributed by atoms with Crippen molar-refractivity contribution in [1.29, 1.82) is 0 Å². The summed E-state index contributed by atoms with van der Waals surface area (Å²) in [7, 11) is 0. The number of likely N-dealkylation sites (tertiary alicyclic amines) is 1. The van der Waals surface area contributed by atoms with Gasteiger partial charge in [-0.05, 0) is 29.9 Å². The van der Waals surface area contributed by atoms with Crippen LogP contribution < -0.4 is 10.6 Å². The number of aromatic nitrogens is 1. The molecule has 47 heavy (non-hydrogen) atoms. The number of rotatable bonds is 19. The first-order chi connectivity index (χ1) is 22.4. The highest BCUT2D eigenvalue weighted by atomic mass is 32.1. The number of carbonyl (C=O) groups is 4. The fourth-order valence-corrected chi connectivity index (χ4v) is 5.88. The number of ether oxygens (including phenoxy) is 3. The molecule has 2 heterocycles. The van der Waals surface area contributed by atoms with Gasteiger partial charge in [0, 0.05) is 25.9 Å². The van der Waals surface area contributed by atoms with Crippen molar-refractivity contribution in [2.24, 2.45) is 5.41 Å². The van der Waals surface area contributed by atoms with Crippen molar-refractivity contribution in [3.8, 4) is 10.4 Å². The number of nitrogens with one attached hydrogen (secondary N) is 2. The Balaban J connectivity index is 1.43. The van der Waals surface area contributed by atoms with E-state index in [4.69, 9.17) is 19.3 Å². The first kappa shape index (κ1) is 38.0. The maximum Gasteiger partial charge on any atom is 0.305 e. The third kappa shape index (κ3) is 12.6. The average Bonchev–Trinajstić information content (AvgIpc) is 3.63. The second-order valence-corrected chi connectivity index (χ2v) is 13.4. The highest BCUT2D eigenvalue weighted by Crippen LogP contribution is 2.28. The molecule has 260 valence electrons. The minimum Gasteiger partial charge on any atom is -0.481 e. The van der Waals surface area contributed by atoms with Crippen LogP contribution in [0.2, 0.25) is 0 Å². The first-order valence-electron chi connectivity index (χ1n) is 15.9. The van der Waals surface area contributed by atoms with Gasteiger partial charge in [0.25, 0.3) is 0 Å². The lowest BCUT2D eigenvalue weighted by molar-refractivity contribution is -0.144. The van der Waals surface area contributed by atoms with Crippen LogP contribution in [0.3, 0.4) is 0 Å². The number of amides is 3. The number of carbonyl (C=O) groups excluding carboxylic acids is 3. The molecule has 1 aromatic heterocycles. The number of nitrogens with zero attached hydrogens (tertiary/aromatic N) is 2. The number of hydrogen-bond acceptors (Lipinski definition) is 10. The molecule has 1 fully saturated rings. The van der Waals surface area contributed by atoms with E-state index < -0.39 is 35.5 Å². The minimum absolute atomic E-state index is 0.00549. The molecule has 0 unspecified atom stereocenters. The molecule has 0 aliphatic carbocycles. The van der Waals surface area contributed by atoms with Crippen molar-refractivity contribution in [1.82, 2.24) is 20.5 Å². The van der Waals surface area contributed by atoms with Gasteiger partial charge >= 0.3 is 5.97 Å². The van der Waals surface area contributed by atoms with Gasteiger partial charge < -0.3 is 40.0 Å². The predicted molar refractivity (Wildman–Crippen MR) is 176 cm³/mol. The molecule has 0 radical (unpaired) electrons. The van der Waals surface area contributed by atoms with Crippen LogP contribution in [-0.4, -0.2) is 115 Å². The number of β-amino-alcohol motifs (C(OH)–C–C–N with tert-alkyl or cyclic N) is 1. The normalized spacial score (nSPS) is 17.0. The van der Waals surface area contributed by atoms with Crippen molar-refractivity contribution in [2.75, 3.05) is 52.7 Å².